The van der Waals surface area contributed by atoms with E-state index >= 15 is 0 Å². The largest absolute Gasteiger partial charge is 0.372 e. The van der Waals surface area contributed by atoms with Crippen molar-refractivity contribution in [3.63, 3.8) is 0 Å². The molecule has 0 radical (unpaired) electrons. The lowest BCUT2D eigenvalue weighted by atomic mass is 9.90. The van der Waals surface area contributed by atoms with Gasteiger partial charge < -0.3 is 10.1 Å². The van der Waals surface area contributed by atoms with E-state index in [0.717, 1.165) is 19.6 Å². The van der Waals surface area contributed by atoms with Crippen LogP contribution in [0.1, 0.15) is 17.2 Å². The molecule has 0 saturated carbocycles. The number of halogens is 2. The van der Waals surface area contributed by atoms with Gasteiger partial charge in [0, 0.05) is 24.5 Å². The molecule has 1 aromatic heterocycles. The Bertz CT molecular complexity index is 563. The second kappa shape index (κ2) is 8.35. The quantitative estimate of drug-likeness (QED) is 0.938. The third-order valence-corrected chi connectivity index (χ3v) is 3.59. The van der Waals surface area contributed by atoms with Gasteiger partial charge >= 0.3 is 0 Å². The zero-order chi connectivity index (χ0) is 13.1. The number of hydrogen-bond donors (Lipinski definition) is 1. The van der Waals surface area contributed by atoms with E-state index in [4.69, 9.17) is 4.74 Å². The minimum atomic E-state index is 0. The first kappa shape index (κ1) is 17.9. The Balaban J connectivity index is 0.00000110. The lowest BCUT2D eigenvalue weighted by Crippen LogP contribution is -2.25. The Kier molecular flexibility index (Phi) is 7.12. The summed E-state index contributed by atoms with van der Waals surface area (Å²) >= 11 is 0. The molecule has 0 aliphatic carbocycles. The van der Waals surface area contributed by atoms with E-state index < -0.39 is 0 Å². The lowest BCUT2D eigenvalue weighted by molar-refractivity contribution is 0.0440. The molecule has 1 aliphatic rings. The maximum atomic E-state index is 5.86. The minimum absolute atomic E-state index is 0. The number of rotatable bonds is 3. The van der Waals surface area contributed by atoms with E-state index in [2.05, 4.69) is 34.6 Å². The van der Waals surface area contributed by atoms with Crippen molar-refractivity contribution in [2.24, 2.45) is 0 Å². The second-order valence-electron chi connectivity index (χ2n) is 4.78. The zero-order valence-electron chi connectivity index (χ0n) is 11.9. The first-order chi connectivity index (χ1) is 9.40. The van der Waals surface area contributed by atoms with E-state index in [9.17, 15) is 0 Å². The molecule has 1 N–H and O–H groups in total. The summed E-state index contributed by atoms with van der Waals surface area (Å²) in [4.78, 5) is 4.22. The van der Waals surface area contributed by atoms with Crippen LogP contribution in [0.4, 0.5) is 0 Å². The summed E-state index contributed by atoms with van der Waals surface area (Å²) in [7, 11) is 1.96. The van der Waals surface area contributed by atoms with Crippen molar-refractivity contribution >= 4 is 24.8 Å². The van der Waals surface area contributed by atoms with Crippen LogP contribution in [0.15, 0.2) is 42.7 Å². The third kappa shape index (κ3) is 3.74. The van der Waals surface area contributed by atoms with Crippen LogP contribution in [-0.4, -0.2) is 25.2 Å². The molecule has 5 heteroatoms. The number of fused-ring (bicyclic) bond motifs is 1. The molecule has 21 heavy (non-hydrogen) atoms. The van der Waals surface area contributed by atoms with E-state index in [1.807, 2.05) is 25.5 Å². The molecule has 0 amide bonds. The summed E-state index contributed by atoms with van der Waals surface area (Å²) in [6, 6.07) is 10.6. The molecule has 1 aliphatic heterocycles. The maximum absolute atomic E-state index is 5.86. The van der Waals surface area contributed by atoms with Gasteiger partial charge in [-0.2, -0.15) is 0 Å². The number of hydrogen-bond acceptors (Lipinski definition) is 3. The van der Waals surface area contributed by atoms with Crippen LogP contribution in [-0.2, 0) is 11.2 Å². The van der Waals surface area contributed by atoms with Crippen molar-refractivity contribution < 1.29 is 4.74 Å². The summed E-state index contributed by atoms with van der Waals surface area (Å²) in [5.74, 6) is 0. The van der Waals surface area contributed by atoms with Crippen LogP contribution in [0.5, 0.6) is 0 Å². The lowest BCUT2D eigenvalue weighted by Gasteiger charge is -2.27. The highest BCUT2D eigenvalue weighted by molar-refractivity contribution is 5.85. The van der Waals surface area contributed by atoms with Gasteiger partial charge in [-0.05, 0) is 36.2 Å². The number of benzene rings is 1. The topological polar surface area (TPSA) is 34.1 Å². The SMILES string of the molecule is CNC[C@H]1OCCc2c(-c3cccnc3)cccc21.Cl.Cl. The molecular formula is C16H20Cl2N2O. The first-order valence-corrected chi connectivity index (χ1v) is 6.68. The predicted molar refractivity (Wildman–Crippen MR) is 90.5 cm³/mol. The molecule has 1 aromatic carbocycles. The number of nitrogens with one attached hydrogen (secondary N) is 1. The minimum Gasteiger partial charge on any atom is -0.372 e. The first-order valence-electron chi connectivity index (χ1n) is 6.68. The van der Waals surface area contributed by atoms with Crippen molar-refractivity contribution in [2.75, 3.05) is 20.2 Å². The molecular weight excluding hydrogens is 307 g/mol. The summed E-state index contributed by atoms with van der Waals surface area (Å²) in [5, 5.41) is 3.20. The summed E-state index contributed by atoms with van der Waals surface area (Å²) in [6.07, 6.45) is 4.87. The number of likely N-dealkylation sites (N-methyl/N-ethyl adjacent to an activating group) is 1. The van der Waals surface area contributed by atoms with Crippen molar-refractivity contribution in [1.82, 2.24) is 10.3 Å². The average molecular weight is 327 g/mol. The number of aromatic nitrogens is 1. The second-order valence-corrected chi connectivity index (χ2v) is 4.78. The molecule has 0 saturated heterocycles. The standard InChI is InChI=1S/C16H18N2O.2ClH/c1-17-11-16-15-6-2-5-13(14(15)7-9-19-16)12-4-3-8-18-10-12;;/h2-6,8,10,16-17H,7,9,11H2,1H3;2*1H/t16-;;/m1../s1. The molecule has 0 bridgehead atoms. The number of nitrogens with zero attached hydrogens (tertiary/aromatic N) is 1. The van der Waals surface area contributed by atoms with E-state index in [1.54, 1.807) is 0 Å². The maximum Gasteiger partial charge on any atom is 0.0952 e. The van der Waals surface area contributed by atoms with E-state index in [1.165, 1.54) is 22.3 Å². The molecule has 2 heterocycles. The van der Waals surface area contributed by atoms with Crippen LogP contribution in [0.25, 0.3) is 11.1 Å². The van der Waals surface area contributed by atoms with Gasteiger partial charge in [0.15, 0.2) is 0 Å². The zero-order valence-corrected chi connectivity index (χ0v) is 13.5. The van der Waals surface area contributed by atoms with Crippen LogP contribution < -0.4 is 5.32 Å². The van der Waals surface area contributed by atoms with Gasteiger partial charge in [-0.1, -0.05) is 24.3 Å². The van der Waals surface area contributed by atoms with Crippen LogP contribution in [0.3, 0.4) is 0 Å². The molecule has 0 fully saturated rings. The fourth-order valence-electron chi connectivity index (χ4n) is 2.73. The molecule has 0 unspecified atom stereocenters. The average Bonchev–Trinajstić information content (AvgIpc) is 2.48. The van der Waals surface area contributed by atoms with E-state index in [-0.39, 0.29) is 30.9 Å². The molecule has 3 rings (SSSR count). The summed E-state index contributed by atoms with van der Waals surface area (Å²) in [6.45, 7) is 1.64. The molecule has 2 aromatic rings. The van der Waals surface area contributed by atoms with Gasteiger partial charge in [0.05, 0.1) is 12.7 Å². The Morgan fingerprint density at radius 1 is 1.24 bits per heavy atom. The van der Waals surface area contributed by atoms with Crippen molar-refractivity contribution in [3.05, 3.63) is 53.9 Å². The Morgan fingerprint density at radius 2 is 2.10 bits per heavy atom. The van der Waals surface area contributed by atoms with Crippen LogP contribution in [0, 0.1) is 0 Å². The monoisotopic (exact) mass is 326 g/mol. The van der Waals surface area contributed by atoms with Gasteiger partial charge in [0.2, 0.25) is 0 Å². The molecule has 0 spiro atoms. The number of ether oxygens (including phenoxy) is 1. The van der Waals surface area contributed by atoms with Gasteiger partial charge in [0.1, 0.15) is 0 Å². The molecule has 3 nitrogen and oxygen atoms in total. The van der Waals surface area contributed by atoms with Gasteiger partial charge in [0.25, 0.3) is 0 Å². The fraction of sp³-hybridized carbons (Fsp3) is 0.312. The summed E-state index contributed by atoms with van der Waals surface area (Å²) < 4.78 is 5.86. The van der Waals surface area contributed by atoms with E-state index in [0.29, 0.717) is 0 Å². The molecule has 1 atom stereocenters. The highest BCUT2D eigenvalue weighted by atomic mass is 35.5. The van der Waals surface area contributed by atoms with Crippen LogP contribution in [0.2, 0.25) is 0 Å². The third-order valence-electron chi connectivity index (χ3n) is 3.59. The van der Waals surface area contributed by atoms with Crippen molar-refractivity contribution in [2.45, 2.75) is 12.5 Å². The van der Waals surface area contributed by atoms with Crippen LogP contribution >= 0.6 is 24.8 Å². The normalized spacial score (nSPS) is 16.3. The Morgan fingerprint density at radius 3 is 2.81 bits per heavy atom. The Hall–Kier alpha value is -1.13. The summed E-state index contributed by atoms with van der Waals surface area (Å²) in [5.41, 5.74) is 5.18. The smallest absolute Gasteiger partial charge is 0.0952 e. The van der Waals surface area contributed by atoms with Gasteiger partial charge in [-0.15, -0.1) is 24.8 Å². The molecule has 114 valence electrons. The fourth-order valence-corrected chi connectivity index (χ4v) is 2.73. The van der Waals surface area contributed by atoms with Gasteiger partial charge in [-0.25, -0.2) is 0 Å². The van der Waals surface area contributed by atoms with Crippen molar-refractivity contribution in [3.8, 4) is 11.1 Å². The highest BCUT2D eigenvalue weighted by Crippen LogP contribution is 2.33. The Labute approximate surface area is 137 Å². The highest BCUT2D eigenvalue weighted by Gasteiger charge is 2.22. The van der Waals surface area contributed by atoms with Gasteiger partial charge in [-0.3, -0.25) is 4.98 Å². The number of pyridine rings is 1. The van der Waals surface area contributed by atoms with Crippen molar-refractivity contribution in [1.29, 1.82) is 0 Å². The predicted octanol–water partition coefficient (Wildman–Crippen LogP) is 3.43.